The summed E-state index contributed by atoms with van der Waals surface area (Å²) in [4.78, 5) is 55.6. The Morgan fingerprint density at radius 3 is 2.51 bits per heavy atom. The standard InChI is InChI=1S/C25H23N7O5/c1-13-8-21-29-18(23(34)27-12-15-4-7-20-17(9-15)30-25(36)37-20)10-19(32(21)31-13)24(35)28-11-14-2-5-16(6-3-14)22(26)33/h2-10,13,31H,11-12H2,1H3,(H2,26,33)(H,27,34)(H,28,35)(H,30,36). The number of aromatic nitrogens is 1. The van der Waals surface area contributed by atoms with Crippen LogP contribution in [0.3, 0.4) is 0 Å². The summed E-state index contributed by atoms with van der Waals surface area (Å²) >= 11 is 0. The van der Waals surface area contributed by atoms with Crippen molar-refractivity contribution >= 4 is 34.5 Å². The first-order valence-corrected chi connectivity index (χ1v) is 11.4. The maximum Gasteiger partial charge on any atom is 0.417 e. The molecule has 6 N–H and O–H groups in total. The largest absolute Gasteiger partial charge is 0.417 e. The van der Waals surface area contributed by atoms with E-state index < -0.39 is 23.5 Å². The fourth-order valence-corrected chi connectivity index (χ4v) is 3.96. The number of oxazole rings is 1. The fraction of sp³-hybridized carbons (Fsp3) is 0.160. The number of nitrogens with zero attached hydrogens (tertiary/aromatic N) is 2. The van der Waals surface area contributed by atoms with E-state index in [4.69, 9.17) is 10.2 Å². The molecule has 12 nitrogen and oxygen atoms in total. The van der Waals surface area contributed by atoms with Crippen LogP contribution in [0.2, 0.25) is 0 Å². The number of aliphatic imine (C=N–C) groups is 1. The SMILES string of the molecule is CC1C=C2N=C(C(=O)NCc3ccc4oc(=O)[nH]c4c3)C=C(C(=O)NCc3ccc(C(N)=O)cc3)N2N1. The average molecular weight is 502 g/mol. The van der Waals surface area contributed by atoms with Gasteiger partial charge in [0.15, 0.2) is 5.58 Å². The van der Waals surface area contributed by atoms with E-state index in [0.717, 1.165) is 11.1 Å². The minimum absolute atomic E-state index is 0.0761. The summed E-state index contributed by atoms with van der Waals surface area (Å²) in [5.74, 6) is -1.52. The molecule has 0 aliphatic carbocycles. The van der Waals surface area contributed by atoms with Gasteiger partial charge in [-0.15, -0.1) is 0 Å². The van der Waals surface area contributed by atoms with Crippen LogP contribution in [0, 0.1) is 0 Å². The lowest BCUT2D eigenvalue weighted by atomic mass is 10.1. The van der Waals surface area contributed by atoms with Crippen molar-refractivity contribution in [2.75, 3.05) is 0 Å². The molecule has 3 heterocycles. The molecule has 3 aromatic rings. The van der Waals surface area contributed by atoms with Gasteiger partial charge in [0.1, 0.15) is 17.2 Å². The van der Waals surface area contributed by atoms with E-state index in [1.54, 1.807) is 48.5 Å². The molecule has 37 heavy (non-hydrogen) atoms. The second-order valence-corrected chi connectivity index (χ2v) is 8.58. The zero-order chi connectivity index (χ0) is 26.1. The van der Waals surface area contributed by atoms with Crippen LogP contribution in [0.5, 0.6) is 0 Å². The third-order valence-corrected chi connectivity index (χ3v) is 5.80. The summed E-state index contributed by atoms with van der Waals surface area (Å²) < 4.78 is 4.99. The van der Waals surface area contributed by atoms with E-state index in [0.29, 0.717) is 22.5 Å². The number of fused-ring (bicyclic) bond motifs is 2. The number of benzene rings is 2. The van der Waals surface area contributed by atoms with Gasteiger partial charge in [-0.2, -0.15) is 0 Å². The number of H-pyrrole nitrogens is 1. The van der Waals surface area contributed by atoms with E-state index in [1.807, 2.05) is 6.92 Å². The lowest BCUT2D eigenvalue weighted by Crippen LogP contribution is -2.44. The van der Waals surface area contributed by atoms with Crippen LogP contribution in [0.4, 0.5) is 0 Å². The number of aromatic amines is 1. The minimum Gasteiger partial charge on any atom is -0.408 e. The summed E-state index contributed by atoms with van der Waals surface area (Å²) in [6.07, 6.45) is 3.22. The molecule has 0 spiro atoms. The third-order valence-electron chi connectivity index (χ3n) is 5.80. The summed E-state index contributed by atoms with van der Waals surface area (Å²) in [6.45, 7) is 2.27. The van der Waals surface area contributed by atoms with E-state index in [1.165, 1.54) is 11.1 Å². The molecule has 12 heteroatoms. The Hall–Kier alpha value is -4.97. The highest BCUT2D eigenvalue weighted by Gasteiger charge is 2.32. The second kappa shape index (κ2) is 9.59. The lowest BCUT2D eigenvalue weighted by molar-refractivity contribution is -0.119. The maximum absolute atomic E-state index is 13.1. The first kappa shape index (κ1) is 23.8. The zero-order valence-corrected chi connectivity index (χ0v) is 19.7. The molecular formula is C25H23N7O5. The highest BCUT2D eigenvalue weighted by atomic mass is 16.4. The van der Waals surface area contributed by atoms with Gasteiger partial charge in [-0.05, 0) is 48.4 Å². The van der Waals surface area contributed by atoms with Gasteiger partial charge in [0.2, 0.25) is 5.91 Å². The van der Waals surface area contributed by atoms with Crippen LogP contribution in [0.1, 0.15) is 28.4 Å². The highest BCUT2D eigenvalue weighted by molar-refractivity contribution is 6.44. The Bertz CT molecular complexity index is 1560. The maximum atomic E-state index is 13.1. The fourth-order valence-electron chi connectivity index (χ4n) is 3.96. The number of nitrogens with one attached hydrogen (secondary N) is 4. The quantitative estimate of drug-likeness (QED) is 0.314. The molecule has 0 saturated carbocycles. The number of carbonyl (C=O) groups excluding carboxylic acids is 3. The first-order valence-electron chi connectivity index (χ1n) is 11.4. The summed E-state index contributed by atoms with van der Waals surface area (Å²) in [5, 5.41) is 7.15. The van der Waals surface area contributed by atoms with Gasteiger partial charge in [0.05, 0.1) is 5.52 Å². The molecule has 188 valence electrons. The average Bonchev–Trinajstić information content (AvgIpc) is 3.45. The Morgan fingerprint density at radius 1 is 1.05 bits per heavy atom. The van der Waals surface area contributed by atoms with Crippen LogP contribution in [0.15, 0.2) is 80.3 Å². The number of hydrazine groups is 1. The molecule has 2 aliphatic rings. The second-order valence-electron chi connectivity index (χ2n) is 8.58. The van der Waals surface area contributed by atoms with Crippen molar-refractivity contribution in [3.05, 3.63) is 93.4 Å². The Morgan fingerprint density at radius 2 is 1.76 bits per heavy atom. The summed E-state index contributed by atoms with van der Waals surface area (Å²) in [5.41, 5.74) is 11.5. The Balaban J connectivity index is 1.29. The number of nitrogens with two attached hydrogens (primary N) is 1. The predicted molar refractivity (Wildman–Crippen MR) is 134 cm³/mol. The first-order chi connectivity index (χ1) is 17.8. The lowest BCUT2D eigenvalue weighted by Gasteiger charge is -2.26. The number of primary amides is 1. The van der Waals surface area contributed by atoms with Crippen molar-refractivity contribution in [1.29, 1.82) is 0 Å². The van der Waals surface area contributed by atoms with Gasteiger partial charge in [0, 0.05) is 30.8 Å². The van der Waals surface area contributed by atoms with Crippen LogP contribution < -0.4 is 27.5 Å². The molecule has 5 rings (SSSR count). The van der Waals surface area contributed by atoms with Gasteiger partial charge in [-0.25, -0.2) is 15.2 Å². The summed E-state index contributed by atoms with van der Waals surface area (Å²) in [7, 11) is 0. The van der Waals surface area contributed by atoms with E-state index in [9.17, 15) is 19.2 Å². The molecule has 3 amide bonds. The molecule has 1 unspecified atom stereocenters. The molecular weight excluding hydrogens is 478 g/mol. The van der Waals surface area contributed by atoms with Gasteiger partial charge in [0.25, 0.3) is 11.8 Å². The number of rotatable bonds is 7. The number of carbonyl (C=O) groups is 3. The van der Waals surface area contributed by atoms with E-state index in [-0.39, 0.29) is 30.5 Å². The van der Waals surface area contributed by atoms with E-state index >= 15 is 0 Å². The van der Waals surface area contributed by atoms with Gasteiger partial charge in [-0.1, -0.05) is 18.2 Å². The molecule has 0 fully saturated rings. The zero-order valence-electron chi connectivity index (χ0n) is 19.7. The molecule has 1 atom stereocenters. The van der Waals surface area contributed by atoms with Gasteiger partial charge >= 0.3 is 5.76 Å². The van der Waals surface area contributed by atoms with Crippen molar-refractivity contribution in [3.8, 4) is 0 Å². The predicted octanol–water partition coefficient (Wildman–Crippen LogP) is 0.541. The van der Waals surface area contributed by atoms with Crippen LogP contribution in [-0.2, 0) is 22.7 Å². The van der Waals surface area contributed by atoms with Crippen molar-refractivity contribution in [3.63, 3.8) is 0 Å². The van der Waals surface area contributed by atoms with Crippen LogP contribution in [0.25, 0.3) is 11.1 Å². The molecule has 2 aromatic carbocycles. The third kappa shape index (κ3) is 5.04. The molecule has 0 saturated heterocycles. The van der Waals surface area contributed by atoms with Crippen molar-refractivity contribution < 1.29 is 18.8 Å². The molecule has 1 aromatic heterocycles. The van der Waals surface area contributed by atoms with Gasteiger partial charge in [-0.3, -0.25) is 24.4 Å². The Kier molecular flexibility index (Phi) is 6.15. The van der Waals surface area contributed by atoms with Crippen molar-refractivity contribution in [2.45, 2.75) is 26.1 Å². The smallest absolute Gasteiger partial charge is 0.408 e. The summed E-state index contributed by atoms with van der Waals surface area (Å²) in [6, 6.07) is 11.6. The number of amides is 3. The topological polar surface area (TPSA) is 175 Å². The van der Waals surface area contributed by atoms with Crippen LogP contribution in [-0.4, -0.2) is 39.5 Å². The van der Waals surface area contributed by atoms with Crippen molar-refractivity contribution in [2.24, 2.45) is 10.7 Å². The van der Waals surface area contributed by atoms with E-state index in [2.05, 4.69) is 26.0 Å². The number of hydrogen-bond acceptors (Lipinski definition) is 8. The normalized spacial score (nSPS) is 16.5. The molecule has 2 aliphatic heterocycles. The highest BCUT2D eigenvalue weighted by Crippen LogP contribution is 2.24. The minimum atomic E-state index is -0.552. The van der Waals surface area contributed by atoms with Crippen LogP contribution >= 0.6 is 0 Å². The molecule has 0 bridgehead atoms. The molecule has 0 radical (unpaired) electrons. The van der Waals surface area contributed by atoms with Gasteiger partial charge < -0.3 is 20.8 Å². The van der Waals surface area contributed by atoms with Crippen molar-refractivity contribution in [1.82, 2.24) is 26.1 Å². The Labute approximate surface area is 209 Å². The number of hydrogen-bond donors (Lipinski definition) is 5. The monoisotopic (exact) mass is 501 g/mol.